The van der Waals surface area contributed by atoms with E-state index in [4.69, 9.17) is 9.84 Å². The van der Waals surface area contributed by atoms with Gasteiger partial charge in [0, 0.05) is 7.11 Å². The number of hydrogen-bond donors (Lipinski definition) is 2. The summed E-state index contributed by atoms with van der Waals surface area (Å²) >= 11 is 0. The first kappa shape index (κ1) is 11.6. The SMILES string of the molecule is COCC(O)Cn1nnc(C(=O)O)c1C. The number of ether oxygens (including phenoxy) is 1. The zero-order valence-corrected chi connectivity index (χ0v) is 8.54. The number of aliphatic hydroxyl groups is 1. The van der Waals surface area contributed by atoms with E-state index in [-0.39, 0.29) is 18.8 Å². The predicted molar refractivity (Wildman–Crippen MR) is 49.6 cm³/mol. The van der Waals surface area contributed by atoms with Gasteiger partial charge in [-0.1, -0.05) is 5.21 Å². The topological polar surface area (TPSA) is 97.5 Å². The largest absolute Gasteiger partial charge is 0.476 e. The number of rotatable bonds is 5. The van der Waals surface area contributed by atoms with Crippen LogP contribution in [-0.4, -0.2) is 51.0 Å². The second-order valence-corrected chi connectivity index (χ2v) is 3.12. The number of aromatic nitrogens is 3. The van der Waals surface area contributed by atoms with Crippen LogP contribution in [-0.2, 0) is 11.3 Å². The first-order valence-electron chi connectivity index (χ1n) is 4.36. The van der Waals surface area contributed by atoms with Crippen molar-refractivity contribution in [3.05, 3.63) is 11.4 Å². The van der Waals surface area contributed by atoms with Gasteiger partial charge < -0.3 is 14.9 Å². The van der Waals surface area contributed by atoms with Gasteiger partial charge in [0.15, 0.2) is 5.69 Å². The number of carboxylic acid groups (broad SMARTS) is 1. The summed E-state index contributed by atoms with van der Waals surface area (Å²) in [6.45, 7) is 1.92. The van der Waals surface area contributed by atoms with Crippen LogP contribution in [0.2, 0.25) is 0 Å². The predicted octanol–water partition coefficient (Wildman–Crippen LogP) is -0.708. The number of methoxy groups -OCH3 is 1. The molecule has 0 aliphatic heterocycles. The minimum absolute atomic E-state index is 0.0976. The Morgan fingerprint density at radius 3 is 2.80 bits per heavy atom. The van der Waals surface area contributed by atoms with Crippen LogP contribution in [0.5, 0.6) is 0 Å². The molecule has 1 aromatic rings. The number of aliphatic hydroxyl groups excluding tert-OH is 1. The molecule has 0 radical (unpaired) electrons. The fourth-order valence-electron chi connectivity index (χ4n) is 1.18. The minimum atomic E-state index is -1.13. The molecule has 0 aromatic carbocycles. The molecule has 84 valence electrons. The highest BCUT2D eigenvalue weighted by molar-refractivity contribution is 5.86. The Balaban J connectivity index is 2.74. The lowest BCUT2D eigenvalue weighted by Crippen LogP contribution is -2.22. The number of carbonyl (C=O) groups is 1. The molecule has 0 spiro atoms. The van der Waals surface area contributed by atoms with E-state index in [1.54, 1.807) is 6.92 Å². The van der Waals surface area contributed by atoms with Gasteiger partial charge in [-0.2, -0.15) is 0 Å². The number of aromatic carboxylic acids is 1. The van der Waals surface area contributed by atoms with Crippen LogP contribution < -0.4 is 0 Å². The van der Waals surface area contributed by atoms with Gasteiger partial charge in [-0.15, -0.1) is 5.10 Å². The van der Waals surface area contributed by atoms with Crippen LogP contribution >= 0.6 is 0 Å². The van der Waals surface area contributed by atoms with Gasteiger partial charge in [0.05, 0.1) is 24.9 Å². The fourth-order valence-corrected chi connectivity index (χ4v) is 1.18. The summed E-state index contributed by atoms with van der Waals surface area (Å²) in [6, 6.07) is 0. The smallest absolute Gasteiger partial charge is 0.358 e. The van der Waals surface area contributed by atoms with Crippen molar-refractivity contribution in [2.75, 3.05) is 13.7 Å². The molecule has 7 heteroatoms. The first-order valence-corrected chi connectivity index (χ1v) is 4.36. The van der Waals surface area contributed by atoms with Crippen molar-refractivity contribution >= 4 is 5.97 Å². The van der Waals surface area contributed by atoms with E-state index in [0.29, 0.717) is 5.69 Å². The molecule has 0 aliphatic carbocycles. The first-order chi connectivity index (χ1) is 7.06. The van der Waals surface area contributed by atoms with Crippen LogP contribution in [0.25, 0.3) is 0 Å². The maximum Gasteiger partial charge on any atom is 0.358 e. The summed E-state index contributed by atoms with van der Waals surface area (Å²) in [6.07, 6.45) is -0.725. The zero-order valence-electron chi connectivity index (χ0n) is 8.54. The van der Waals surface area contributed by atoms with Crippen molar-refractivity contribution in [1.29, 1.82) is 0 Å². The van der Waals surface area contributed by atoms with Crippen molar-refractivity contribution < 1.29 is 19.7 Å². The Morgan fingerprint density at radius 2 is 2.33 bits per heavy atom. The molecular weight excluding hydrogens is 202 g/mol. The van der Waals surface area contributed by atoms with E-state index in [1.807, 2.05) is 0 Å². The van der Waals surface area contributed by atoms with Gasteiger partial charge in [-0.25, -0.2) is 9.48 Å². The Bertz CT molecular complexity index is 350. The monoisotopic (exact) mass is 215 g/mol. The average molecular weight is 215 g/mol. The molecule has 1 heterocycles. The van der Waals surface area contributed by atoms with Gasteiger partial charge in [-0.3, -0.25) is 0 Å². The van der Waals surface area contributed by atoms with E-state index in [9.17, 15) is 9.90 Å². The molecule has 0 saturated heterocycles. The normalized spacial score (nSPS) is 12.7. The number of hydrogen-bond acceptors (Lipinski definition) is 5. The van der Waals surface area contributed by atoms with Crippen LogP contribution in [0.4, 0.5) is 0 Å². The number of nitrogens with zero attached hydrogens (tertiary/aromatic N) is 3. The number of carboxylic acids is 1. The molecular formula is C8H13N3O4. The molecule has 0 saturated carbocycles. The van der Waals surface area contributed by atoms with Gasteiger partial charge in [0.25, 0.3) is 0 Å². The van der Waals surface area contributed by atoms with E-state index in [0.717, 1.165) is 0 Å². The fraction of sp³-hybridized carbons (Fsp3) is 0.625. The van der Waals surface area contributed by atoms with Crippen molar-refractivity contribution in [2.24, 2.45) is 0 Å². The molecule has 1 atom stereocenters. The van der Waals surface area contributed by atoms with Crippen molar-refractivity contribution in [2.45, 2.75) is 19.6 Å². The van der Waals surface area contributed by atoms with E-state index in [2.05, 4.69) is 10.3 Å². The van der Waals surface area contributed by atoms with Gasteiger partial charge in [-0.05, 0) is 6.92 Å². The Morgan fingerprint density at radius 1 is 1.67 bits per heavy atom. The summed E-state index contributed by atoms with van der Waals surface area (Å²) in [7, 11) is 1.47. The Kier molecular flexibility index (Phi) is 3.75. The quantitative estimate of drug-likeness (QED) is 0.673. The zero-order chi connectivity index (χ0) is 11.4. The highest BCUT2D eigenvalue weighted by Gasteiger charge is 2.16. The minimum Gasteiger partial charge on any atom is -0.476 e. The molecule has 1 rings (SSSR count). The lowest BCUT2D eigenvalue weighted by Gasteiger charge is -2.09. The standard InChI is InChI=1S/C8H13N3O4/c1-5-7(8(13)14)9-10-11(5)3-6(12)4-15-2/h6,12H,3-4H2,1-2H3,(H,13,14). The van der Waals surface area contributed by atoms with Crippen LogP contribution in [0.3, 0.4) is 0 Å². The summed E-state index contributed by atoms with van der Waals surface area (Å²) in [5.41, 5.74) is 0.317. The molecule has 15 heavy (non-hydrogen) atoms. The van der Waals surface area contributed by atoms with Crippen molar-refractivity contribution in [1.82, 2.24) is 15.0 Å². The third-order valence-electron chi connectivity index (χ3n) is 1.93. The molecule has 0 aliphatic rings. The van der Waals surface area contributed by atoms with Crippen LogP contribution in [0, 0.1) is 6.92 Å². The lowest BCUT2D eigenvalue weighted by atomic mass is 10.3. The molecule has 7 nitrogen and oxygen atoms in total. The Labute approximate surface area is 86.3 Å². The molecule has 1 unspecified atom stereocenters. The van der Waals surface area contributed by atoms with Gasteiger partial charge in [0.2, 0.25) is 0 Å². The third kappa shape index (κ3) is 2.74. The molecule has 0 fully saturated rings. The van der Waals surface area contributed by atoms with Crippen molar-refractivity contribution in [3.8, 4) is 0 Å². The van der Waals surface area contributed by atoms with Crippen LogP contribution in [0.1, 0.15) is 16.2 Å². The van der Waals surface area contributed by atoms with Gasteiger partial charge >= 0.3 is 5.97 Å². The summed E-state index contributed by atoms with van der Waals surface area (Å²) in [5, 5.41) is 25.2. The molecule has 2 N–H and O–H groups in total. The molecule has 1 aromatic heterocycles. The summed E-state index contributed by atoms with van der Waals surface area (Å²) < 4.78 is 6.08. The average Bonchev–Trinajstić information content (AvgIpc) is 2.48. The molecule has 0 bridgehead atoms. The van der Waals surface area contributed by atoms with E-state index in [1.165, 1.54) is 11.8 Å². The highest BCUT2D eigenvalue weighted by Crippen LogP contribution is 2.04. The third-order valence-corrected chi connectivity index (χ3v) is 1.93. The summed E-state index contributed by atoms with van der Waals surface area (Å²) in [5.74, 6) is -1.13. The summed E-state index contributed by atoms with van der Waals surface area (Å²) in [4.78, 5) is 10.6. The highest BCUT2D eigenvalue weighted by atomic mass is 16.5. The second-order valence-electron chi connectivity index (χ2n) is 3.12. The van der Waals surface area contributed by atoms with E-state index >= 15 is 0 Å². The molecule has 0 amide bonds. The van der Waals surface area contributed by atoms with Crippen LogP contribution in [0.15, 0.2) is 0 Å². The lowest BCUT2D eigenvalue weighted by molar-refractivity contribution is 0.0506. The Hall–Kier alpha value is -1.47. The van der Waals surface area contributed by atoms with Gasteiger partial charge in [0.1, 0.15) is 0 Å². The van der Waals surface area contributed by atoms with E-state index < -0.39 is 12.1 Å². The maximum absolute atomic E-state index is 10.6. The second kappa shape index (κ2) is 4.85. The maximum atomic E-state index is 10.6. The van der Waals surface area contributed by atoms with Crippen molar-refractivity contribution in [3.63, 3.8) is 0 Å².